The summed E-state index contributed by atoms with van der Waals surface area (Å²) >= 11 is 0. The molecule has 3 aliphatic rings. The van der Waals surface area contributed by atoms with Crippen LogP contribution in [-0.4, -0.2) is 45.4 Å². The first-order valence-electron chi connectivity index (χ1n) is 12.4. The van der Waals surface area contributed by atoms with Gasteiger partial charge in [0.1, 0.15) is 28.9 Å². The number of fused-ring (bicyclic) bond motifs is 1. The number of nitrogens with zero attached hydrogens (tertiary/aromatic N) is 1. The second-order valence-corrected chi connectivity index (χ2v) is 12.1. The summed E-state index contributed by atoms with van der Waals surface area (Å²) in [6.07, 6.45) is 1.30. The van der Waals surface area contributed by atoms with Gasteiger partial charge < -0.3 is 14.6 Å². The van der Waals surface area contributed by atoms with E-state index < -0.39 is 39.1 Å². The van der Waals surface area contributed by atoms with Crippen molar-refractivity contribution in [3.8, 4) is 16.9 Å². The Morgan fingerprint density at radius 2 is 1.84 bits per heavy atom. The molecule has 1 aliphatic carbocycles. The topological polar surface area (TPSA) is 93.1 Å². The summed E-state index contributed by atoms with van der Waals surface area (Å²) in [6, 6.07) is 14.4. The van der Waals surface area contributed by atoms with Crippen molar-refractivity contribution in [3.05, 3.63) is 77.9 Å². The van der Waals surface area contributed by atoms with E-state index in [-0.39, 0.29) is 53.6 Å². The fourth-order valence-electron chi connectivity index (χ4n) is 5.12. The zero-order chi connectivity index (χ0) is 26.7. The number of anilines is 1. The second kappa shape index (κ2) is 9.06. The van der Waals surface area contributed by atoms with E-state index in [1.165, 1.54) is 28.6 Å². The van der Waals surface area contributed by atoms with Gasteiger partial charge in [-0.15, -0.1) is 0 Å². The third-order valence-corrected chi connectivity index (χ3v) is 9.23. The van der Waals surface area contributed by atoms with Gasteiger partial charge in [0.25, 0.3) is 10.0 Å². The average Bonchev–Trinajstić information content (AvgIpc) is 3.72. The highest BCUT2D eigenvalue weighted by Crippen LogP contribution is 2.45. The molecule has 0 aromatic heterocycles. The number of carbonyl (C=O) groups is 1. The Kier molecular flexibility index (Phi) is 5.92. The Morgan fingerprint density at radius 1 is 1.05 bits per heavy atom. The average molecular weight is 542 g/mol. The Morgan fingerprint density at radius 3 is 2.53 bits per heavy atom. The minimum absolute atomic E-state index is 0.0144. The third kappa shape index (κ3) is 4.31. The first-order chi connectivity index (χ1) is 18.2. The lowest BCUT2D eigenvalue weighted by molar-refractivity contribution is -0.184. The van der Waals surface area contributed by atoms with Gasteiger partial charge in [0, 0.05) is 12.0 Å². The van der Waals surface area contributed by atoms with Gasteiger partial charge in [-0.25, -0.2) is 17.2 Å². The minimum atomic E-state index is -4.11. The van der Waals surface area contributed by atoms with Gasteiger partial charge in [0.2, 0.25) is 0 Å². The molecule has 6 rings (SSSR count). The van der Waals surface area contributed by atoms with Crippen molar-refractivity contribution in [2.24, 2.45) is 5.41 Å². The molecule has 0 amide bonds. The predicted molar refractivity (Wildman–Crippen MR) is 135 cm³/mol. The Labute approximate surface area is 218 Å². The predicted octanol–water partition coefficient (Wildman–Crippen LogP) is 4.96. The van der Waals surface area contributed by atoms with E-state index in [9.17, 15) is 27.1 Å². The van der Waals surface area contributed by atoms with Crippen LogP contribution in [0.4, 0.5) is 14.5 Å². The number of benzene rings is 3. The van der Waals surface area contributed by atoms with E-state index in [4.69, 9.17) is 9.47 Å². The number of aliphatic carboxylic acids is 1. The highest BCUT2D eigenvalue weighted by Gasteiger charge is 2.50. The Balaban J connectivity index is 1.43. The summed E-state index contributed by atoms with van der Waals surface area (Å²) in [5.41, 5.74) is 0.230. The van der Waals surface area contributed by atoms with Crippen LogP contribution >= 0.6 is 0 Å². The number of hydrogen-bond acceptors (Lipinski definition) is 5. The van der Waals surface area contributed by atoms with E-state index in [1.807, 2.05) is 6.07 Å². The fraction of sp³-hybridized carbons (Fsp3) is 0.321. The SMILES string of the molecule is O=C(O)C1(C[C@H]2CN(S(=O)(=O)c3cccc(C4CC4)c3)c3cc(-c4cc(F)ccc4F)ccc3O2)COC1. The molecule has 10 heteroatoms. The van der Waals surface area contributed by atoms with Gasteiger partial charge in [-0.3, -0.25) is 9.10 Å². The van der Waals surface area contributed by atoms with Crippen LogP contribution in [0.5, 0.6) is 5.75 Å². The summed E-state index contributed by atoms with van der Waals surface area (Å²) in [7, 11) is -4.11. The highest BCUT2D eigenvalue weighted by atomic mass is 32.2. The zero-order valence-corrected chi connectivity index (χ0v) is 21.1. The maximum atomic E-state index is 14.6. The lowest BCUT2D eigenvalue weighted by Crippen LogP contribution is -2.54. The molecule has 2 aliphatic heterocycles. The highest BCUT2D eigenvalue weighted by molar-refractivity contribution is 7.92. The number of halogens is 2. The number of carboxylic acids is 1. The van der Waals surface area contributed by atoms with E-state index in [0.29, 0.717) is 5.92 Å². The maximum Gasteiger partial charge on any atom is 0.314 e. The molecular formula is C28H25F2NO6S. The van der Waals surface area contributed by atoms with Crippen molar-refractivity contribution in [2.75, 3.05) is 24.1 Å². The second-order valence-electron chi connectivity index (χ2n) is 10.2. The summed E-state index contributed by atoms with van der Waals surface area (Å²) in [6.45, 7) is -0.112. The van der Waals surface area contributed by atoms with Crippen LogP contribution in [0.3, 0.4) is 0 Å². The van der Waals surface area contributed by atoms with E-state index in [0.717, 1.165) is 36.6 Å². The smallest absolute Gasteiger partial charge is 0.314 e. The first-order valence-corrected chi connectivity index (χ1v) is 13.8. The third-order valence-electron chi connectivity index (χ3n) is 7.45. The van der Waals surface area contributed by atoms with Gasteiger partial charge in [0.05, 0.1) is 30.3 Å². The minimum Gasteiger partial charge on any atom is -0.486 e. The summed E-state index contributed by atoms with van der Waals surface area (Å²) < 4.78 is 69.0. The van der Waals surface area contributed by atoms with Crippen molar-refractivity contribution < 1.29 is 36.6 Å². The van der Waals surface area contributed by atoms with Crippen LogP contribution in [0, 0.1) is 17.0 Å². The summed E-state index contributed by atoms with van der Waals surface area (Å²) in [5.74, 6) is -1.75. The molecule has 2 heterocycles. The normalized spacial score (nSPS) is 20.3. The van der Waals surface area contributed by atoms with Crippen molar-refractivity contribution >= 4 is 21.7 Å². The number of carboxylic acid groups (broad SMARTS) is 1. The molecule has 0 unspecified atom stereocenters. The molecule has 3 aromatic rings. The van der Waals surface area contributed by atoms with Crippen LogP contribution < -0.4 is 9.04 Å². The van der Waals surface area contributed by atoms with Gasteiger partial charge in [-0.1, -0.05) is 18.2 Å². The molecule has 7 nitrogen and oxygen atoms in total. The van der Waals surface area contributed by atoms with Crippen LogP contribution in [0.2, 0.25) is 0 Å². The van der Waals surface area contributed by atoms with E-state index >= 15 is 0 Å². The van der Waals surface area contributed by atoms with Crippen molar-refractivity contribution in [2.45, 2.75) is 36.2 Å². The molecule has 0 spiro atoms. The molecule has 1 saturated carbocycles. The van der Waals surface area contributed by atoms with Crippen LogP contribution in [0.25, 0.3) is 11.1 Å². The number of ether oxygens (including phenoxy) is 2. The lowest BCUT2D eigenvalue weighted by Gasteiger charge is -2.42. The maximum absolute atomic E-state index is 14.6. The number of rotatable bonds is 7. The summed E-state index contributed by atoms with van der Waals surface area (Å²) in [5, 5.41) is 9.78. The largest absolute Gasteiger partial charge is 0.486 e. The molecule has 2 fully saturated rings. The van der Waals surface area contributed by atoms with Gasteiger partial charge in [-0.2, -0.15) is 0 Å². The monoisotopic (exact) mass is 541 g/mol. The number of sulfonamides is 1. The zero-order valence-electron chi connectivity index (χ0n) is 20.3. The molecule has 0 bridgehead atoms. The molecular weight excluding hydrogens is 516 g/mol. The van der Waals surface area contributed by atoms with Crippen molar-refractivity contribution in [1.29, 1.82) is 0 Å². The first kappa shape index (κ1) is 24.8. The van der Waals surface area contributed by atoms with Gasteiger partial charge in [0.15, 0.2) is 0 Å². The fourth-order valence-corrected chi connectivity index (χ4v) is 6.67. The van der Waals surface area contributed by atoms with Crippen molar-refractivity contribution in [3.63, 3.8) is 0 Å². The molecule has 38 heavy (non-hydrogen) atoms. The molecule has 1 saturated heterocycles. The quantitative estimate of drug-likeness (QED) is 0.455. The van der Waals surface area contributed by atoms with Crippen LogP contribution in [0.1, 0.15) is 30.7 Å². The Hall–Kier alpha value is -3.50. The molecule has 198 valence electrons. The standard InChI is InChI=1S/C28H25F2NO6S/c29-20-7-8-24(30)23(12-20)19-6-9-26-25(11-19)31(14-21(37-26)13-28(27(32)33)15-36-16-28)38(34,35)22-3-1-2-18(10-22)17-4-5-17/h1-3,6-12,17,21H,4-5,13-16H2,(H,32,33)/t21-/m0/s1. The van der Waals surface area contributed by atoms with E-state index in [1.54, 1.807) is 12.1 Å². The van der Waals surface area contributed by atoms with Gasteiger partial charge >= 0.3 is 5.97 Å². The molecule has 1 atom stereocenters. The Bertz CT molecular complexity index is 1530. The van der Waals surface area contributed by atoms with Gasteiger partial charge in [-0.05, 0) is 72.4 Å². The summed E-state index contributed by atoms with van der Waals surface area (Å²) in [4.78, 5) is 12.1. The molecule has 0 radical (unpaired) electrons. The van der Waals surface area contributed by atoms with Crippen LogP contribution in [0.15, 0.2) is 65.6 Å². The lowest BCUT2D eigenvalue weighted by atomic mass is 9.80. The number of hydrogen-bond donors (Lipinski definition) is 1. The molecule has 1 N–H and O–H groups in total. The van der Waals surface area contributed by atoms with Crippen LogP contribution in [-0.2, 0) is 19.6 Å². The molecule has 3 aromatic carbocycles. The van der Waals surface area contributed by atoms with E-state index in [2.05, 4.69) is 0 Å². The van der Waals surface area contributed by atoms with Crippen molar-refractivity contribution in [1.82, 2.24) is 0 Å².